The first-order chi connectivity index (χ1) is 11.0. The number of rotatable bonds is 5. The molecule has 120 valence electrons. The minimum Gasteiger partial charge on any atom is -0.493 e. The van der Waals surface area contributed by atoms with E-state index in [2.05, 4.69) is 10.6 Å². The fourth-order valence-corrected chi connectivity index (χ4v) is 2.15. The Hall–Kier alpha value is -2.80. The molecular weight excluding hydrogens is 314 g/mol. The molecule has 0 bridgehead atoms. The van der Waals surface area contributed by atoms with Crippen LogP contribution >= 0.6 is 12.2 Å². The molecule has 2 aromatic carbocycles. The highest BCUT2D eigenvalue weighted by atomic mass is 32.1. The first kappa shape index (κ1) is 16.6. The summed E-state index contributed by atoms with van der Waals surface area (Å²) in [4.78, 5) is 12.5. The molecule has 0 aliphatic heterocycles. The number of hydrogen-bond donors (Lipinski definition) is 3. The first-order valence-electron chi connectivity index (χ1n) is 6.74. The number of carbonyl (C=O) groups excluding carboxylic acids is 1. The maximum atomic E-state index is 12.5. The number of thiocarbonyl (C=S) groups is 1. The molecule has 2 rings (SSSR count). The van der Waals surface area contributed by atoms with Crippen LogP contribution in [0.15, 0.2) is 42.5 Å². The van der Waals surface area contributed by atoms with Gasteiger partial charge in [-0.2, -0.15) is 0 Å². The van der Waals surface area contributed by atoms with Gasteiger partial charge in [-0.05, 0) is 36.5 Å². The van der Waals surface area contributed by atoms with E-state index in [9.17, 15) is 4.79 Å². The molecule has 0 radical (unpaired) electrons. The van der Waals surface area contributed by atoms with Crippen LogP contribution in [0.2, 0.25) is 0 Å². The molecule has 4 N–H and O–H groups in total. The summed E-state index contributed by atoms with van der Waals surface area (Å²) in [5, 5.41) is 5.68. The molecule has 23 heavy (non-hydrogen) atoms. The lowest BCUT2D eigenvalue weighted by Gasteiger charge is -2.13. The molecule has 0 saturated carbocycles. The van der Waals surface area contributed by atoms with Crippen molar-refractivity contribution < 1.29 is 14.3 Å². The van der Waals surface area contributed by atoms with Crippen LogP contribution < -0.4 is 25.8 Å². The summed E-state index contributed by atoms with van der Waals surface area (Å²) in [6.45, 7) is 0. The van der Waals surface area contributed by atoms with E-state index in [1.807, 2.05) is 0 Å². The predicted molar refractivity (Wildman–Crippen MR) is 94.3 cm³/mol. The number of benzene rings is 2. The van der Waals surface area contributed by atoms with Crippen molar-refractivity contribution in [2.75, 3.05) is 24.9 Å². The number of para-hydroxylation sites is 1. The molecule has 0 aromatic heterocycles. The van der Waals surface area contributed by atoms with Crippen LogP contribution in [0.5, 0.6) is 11.5 Å². The van der Waals surface area contributed by atoms with Gasteiger partial charge in [-0.15, -0.1) is 0 Å². The molecule has 1 amide bonds. The van der Waals surface area contributed by atoms with E-state index in [-0.39, 0.29) is 11.0 Å². The smallest absolute Gasteiger partial charge is 0.257 e. The van der Waals surface area contributed by atoms with Crippen LogP contribution in [-0.4, -0.2) is 25.2 Å². The van der Waals surface area contributed by atoms with Crippen molar-refractivity contribution in [3.05, 3.63) is 48.0 Å². The van der Waals surface area contributed by atoms with Gasteiger partial charge in [0.2, 0.25) is 0 Å². The monoisotopic (exact) mass is 331 g/mol. The third-order valence-electron chi connectivity index (χ3n) is 3.07. The molecule has 0 atom stereocenters. The van der Waals surface area contributed by atoms with Gasteiger partial charge in [-0.3, -0.25) is 4.79 Å². The Kier molecular flexibility index (Phi) is 5.37. The highest BCUT2D eigenvalue weighted by molar-refractivity contribution is 7.80. The zero-order valence-electron chi connectivity index (χ0n) is 12.8. The maximum absolute atomic E-state index is 12.5. The van der Waals surface area contributed by atoms with E-state index < -0.39 is 0 Å². The lowest BCUT2D eigenvalue weighted by Crippen LogP contribution is -2.22. The predicted octanol–water partition coefficient (Wildman–Crippen LogP) is 2.61. The first-order valence-corrected chi connectivity index (χ1v) is 7.15. The third-order valence-corrected chi connectivity index (χ3v) is 3.17. The number of anilines is 2. The molecule has 2 aromatic rings. The van der Waals surface area contributed by atoms with Crippen molar-refractivity contribution in [1.29, 1.82) is 0 Å². The zero-order valence-corrected chi connectivity index (χ0v) is 13.6. The lowest BCUT2D eigenvalue weighted by atomic mass is 10.1. The Balaban J connectivity index is 2.24. The second-order valence-corrected chi connectivity index (χ2v) is 5.00. The van der Waals surface area contributed by atoms with Crippen LogP contribution in [0.4, 0.5) is 11.4 Å². The number of hydrogen-bond acceptors (Lipinski definition) is 4. The number of ether oxygens (including phenoxy) is 2. The lowest BCUT2D eigenvalue weighted by molar-refractivity contribution is 0.102. The van der Waals surface area contributed by atoms with E-state index in [1.54, 1.807) is 49.6 Å². The largest absolute Gasteiger partial charge is 0.493 e. The number of carbonyl (C=O) groups is 1. The summed E-state index contributed by atoms with van der Waals surface area (Å²) < 4.78 is 10.4. The van der Waals surface area contributed by atoms with Gasteiger partial charge in [0.05, 0.1) is 25.5 Å². The molecule has 0 aliphatic rings. The molecule has 0 fully saturated rings. The SMILES string of the molecule is COc1ccc(NC(=O)c2ccccc2NC(N)=S)cc1OC. The highest BCUT2D eigenvalue weighted by Gasteiger charge is 2.13. The Morgan fingerprint density at radius 3 is 2.39 bits per heavy atom. The second-order valence-electron chi connectivity index (χ2n) is 4.56. The number of methoxy groups -OCH3 is 2. The van der Waals surface area contributed by atoms with Gasteiger partial charge in [0.25, 0.3) is 5.91 Å². The Labute approximate surface area is 139 Å². The molecule has 6 nitrogen and oxygen atoms in total. The molecule has 0 heterocycles. The van der Waals surface area contributed by atoms with Crippen LogP contribution in [0.25, 0.3) is 0 Å². The van der Waals surface area contributed by atoms with E-state index >= 15 is 0 Å². The average Bonchev–Trinajstić information content (AvgIpc) is 2.54. The summed E-state index contributed by atoms with van der Waals surface area (Å²) in [6.07, 6.45) is 0. The van der Waals surface area contributed by atoms with Gasteiger partial charge in [0.1, 0.15) is 0 Å². The minimum absolute atomic E-state index is 0.0939. The van der Waals surface area contributed by atoms with Gasteiger partial charge in [-0.1, -0.05) is 12.1 Å². The van der Waals surface area contributed by atoms with E-state index in [0.29, 0.717) is 28.4 Å². The Bertz CT molecular complexity index is 734. The van der Waals surface area contributed by atoms with Gasteiger partial charge in [-0.25, -0.2) is 0 Å². The number of nitrogens with two attached hydrogens (primary N) is 1. The zero-order chi connectivity index (χ0) is 16.8. The van der Waals surface area contributed by atoms with Crippen molar-refractivity contribution in [1.82, 2.24) is 0 Å². The summed E-state index contributed by atoms with van der Waals surface area (Å²) in [7, 11) is 3.08. The quantitative estimate of drug-likeness (QED) is 0.730. The summed E-state index contributed by atoms with van der Waals surface area (Å²) in [5.74, 6) is 0.817. The average molecular weight is 331 g/mol. The van der Waals surface area contributed by atoms with Gasteiger partial charge in [0.15, 0.2) is 16.6 Å². The van der Waals surface area contributed by atoms with E-state index in [1.165, 1.54) is 7.11 Å². The molecule has 0 aliphatic carbocycles. The highest BCUT2D eigenvalue weighted by Crippen LogP contribution is 2.30. The summed E-state index contributed by atoms with van der Waals surface area (Å²) in [5.41, 5.74) is 7.02. The number of amides is 1. The van der Waals surface area contributed by atoms with Crippen molar-refractivity contribution in [2.45, 2.75) is 0 Å². The van der Waals surface area contributed by atoms with Crippen LogP contribution in [0, 0.1) is 0 Å². The standard InChI is InChI=1S/C16H17N3O3S/c1-21-13-8-7-10(9-14(13)22-2)18-15(20)11-5-3-4-6-12(11)19-16(17)23/h3-9H,1-2H3,(H,18,20)(H3,17,19,23). The van der Waals surface area contributed by atoms with Crippen molar-refractivity contribution in [2.24, 2.45) is 5.73 Å². The molecule has 0 spiro atoms. The topological polar surface area (TPSA) is 85.6 Å². The van der Waals surface area contributed by atoms with Crippen LogP contribution in [-0.2, 0) is 0 Å². The fraction of sp³-hybridized carbons (Fsp3) is 0.125. The normalized spacial score (nSPS) is 9.83. The van der Waals surface area contributed by atoms with E-state index in [0.717, 1.165) is 0 Å². The Morgan fingerprint density at radius 1 is 1.04 bits per heavy atom. The van der Waals surface area contributed by atoms with Crippen molar-refractivity contribution in [3.8, 4) is 11.5 Å². The molecule has 0 saturated heterocycles. The molecular formula is C16H17N3O3S. The van der Waals surface area contributed by atoms with Crippen molar-refractivity contribution in [3.63, 3.8) is 0 Å². The van der Waals surface area contributed by atoms with Gasteiger partial charge >= 0.3 is 0 Å². The van der Waals surface area contributed by atoms with Gasteiger partial charge < -0.3 is 25.8 Å². The number of nitrogens with one attached hydrogen (secondary N) is 2. The maximum Gasteiger partial charge on any atom is 0.257 e. The molecule has 7 heteroatoms. The van der Waals surface area contributed by atoms with Gasteiger partial charge in [0, 0.05) is 11.8 Å². The van der Waals surface area contributed by atoms with E-state index in [4.69, 9.17) is 27.4 Å². The third kappa shape index (κ3) is 4.10. The summed E-state index contributed by atoms with van der Waals surface area (Å²) >= 11 is 4.82. The van der Waals surface area contributed by atoms with Crippen LogP contribution in [0.1, 0.15) is 10.4 Å². The Morgan fingerprint density at radius 2 is 1.74 bits per heavy atom. The minimum atomic E-state index is -0.295. The second kappa shape index (κ2) is 7.46. The molecule has 0 unspecified atom stereocenters. The van der Waals surface area contributed by atoms with Crippen molar-refractivity contribution >= 4 is 34.6 Å². The summed E-state index contributed by atoms with van der Waals surface area (Å²) in [6, 6.07) is 12.1. The van der Waals surface area contributed by atoms with Crippen LogP contribution in [0.3, 0.4) is 0 Å². The fourth-order valence-electron chi connectivity index (χ4n) is 2.04.